The van der Waals surface area contributed by atoms with Crippen LogP contribution in [0.5, 0.6) is 0 Å². The van der Waals surface area contributed by atoms with Crippen molar-refractivity contribution in [1.82, 2.24) is 9.55 Å². The van der Waals surface area contributed by atoms with Gasteiger partial charge >= 0.3 is 0 Å². The third-order valence-electron chi connectivity index (χ3n) is 4.38. The molecular weight excluding hydrogens is 264 g/mol. The molecule has 1 atom stereocenters. The Hall–Kier alpha value is -1.87. The molecular formula is C17H16N2S. The normalized spacial score (nSPS) is 16.9. The number of hydrogen-bond donors (Lipinski definition) is 1. The van der Waals surface area contributed by atoms with Crippen LogP contribution in [0.25, 0.3) is 11.0 Å². The Morgan fingerprint density at radius 1 is 1.20 bits per heavy atom. The Balaban J connectivity index is 1.76. The minimum absolute atomic E-state index is 0.595. The molecule has 0 amide bonds. The van der Waals surface area contributed by atoms with E-state index in [0.29, 0.717) is 5.92 Å². The second kappa shape index (κ2) is 4.32. The summed E-state index contributed by atoms with van der Waals surface area (Å²) in [5.74, 6) is 0.595. The third kappa shape index (κ3) is 1.66. The van der Waals surface area contributed by atoms with Gasteiger partial charge in [0.25, 0.3) is 0 Å². The van der Waals surface area contributed by atoms with E-state index < -0.39 is 0 Å². The maximum absolute atomic E-state index is 5.51. The number of benzene rings is 2. The van der Waals surface area contributed by atoms with Gasteiger partial charge in [0.05, 0.1) is 11.0 Å². The highest BCUT2D eigenvalue weighted by Crippen LogP contribution is 2.36. The maximum atomic E-state index is 5.51. The molecule has 4 rings (SSSR count). The van der Waals surface area contributed by atoms with E-state index in [-0.39, 0.29) is 0 Å². The first-order valence-electron chi connectivity index (χ1n) is 7.00. The van der Waals surface area contributed by atoms with E-state index in [0.717, 1.165) is 17.7 Å². The first kappa shape index (κ1) is 11.9. The van der Waals surface area contributed by atoms with Gasteiger partial charge in [-0.1, -0.05) is 36.4 Å². The van der Waals surface area contributed by atoms with Crippen LogP contribution in [0, 0.1) is 11.7 Å². The van der Waals surface area contributed by atoms with Crippen molar-refractivity contribution in [3.05, 3.63) is 63.9 Å². The lowest BCUT2D eigenvalue weighted by atomic mass is 9.77. The molecule has 1 N–H and O–H groups in total. The van der Waals surface area contributed by atoms with Crippen molar-refractivity contribution in [2.24, 2.45) is 0 Å². The first-order chi connectivity index (χ1) is 9.74. The van der Waals surface area contributed by atoms with Crippen molar-refractivity contribution in [2.45, 2.75) is 25.8 Å². The zero-order chi connectivity index (χ0) is 13.7. The lowest BCUT2D eigenvalue weighted by Gasteiger charge is -2.30. The van der Waals surface area contributed by atoms with Gasteiger partial charge in [-0.25, -0.2) is 0 Å². The van der Waals surface area contributed by atoms with E-state index in [4.69, 9.17) is 12.2 Å². The molecule has 1 unspecified atom stereocenters. The summed E-state index contributed by atoms with van der Waals surface area (Å²) in [7, 11) is 0. The van der Waals surface area contributed by atoms with Gasteiger partial charge in [-0.2, -0.15) is 0 Å². The Labute approximate surface area is 123 Å². The molecule has 1 aromatic heterocycles. The van der Waals surface area contributed by atoms with E-state index >= 15 is 0 Å². The van der Waals surface area contributed by atoms with Crippen LogP contribution in [-0.2, 0) is 13.0 Å². The molecule has 3 aromatic rings. The Kier molecular flexibility index (Phi) is 2.57. The number of H-pyrrole nitrogens is 1. The van der Waals surface area contributed by atoms with Crippen molar-refractivity contribution in [1.29, 1.82) is 0 Å². The number of aromatic amines is 1. The van der Waals surface area contributed by atoms with Crippen LogP contribution in [-0.4, -0.2) is 9.55 Å². The van der Waals surface area contributed by atoms with Crippen LogP contribution in [0.2, 0.25) is 0 Å². The number of aryl methyl sites for hydroxylation is 1. The fourth-order valence-electron chi connectivity index (χ4n) is 3.25. The van der Waals surface area contributed by atoms with E-state index in [1.54, 1.807) is 0 Å². The molecule has 0 spiro atoms. The number of imidazole rings is 1. The standard InChI is InChI=1S/C17H16N2S/c1-11-5-4-8-15-16(11)18-17(20)19(15)10-13-9-12-6-2-3-7-14(12)13/h2-8,13H,9-10H2,1H3,(H,18,20). The highest BCUT2D eigenvalue weighted by Gasteiger charge is 2.26. The second-order valence-corrected chi connectivity index (χ2v) is 6.00. The molecule has 0 bridgehead atoms. The van der Waals surface area contributed by atoms with Gasteiger partial charge in [0.1, 0.15) is 0 Å². The summed E-state index contributed by atoms with van der Waals surface area (Å²) in [6, 6.07) is 15.1. The van der Waals surface area contributed by atoms with Crippen LogP contribution in [0.15, 0.2) is 42.5 Å². The van der Waals surface area contributed by atoms with Gasteiger partial charge in [0, 0.05) is 12.5 Å². The third-order valence-corrected chi connectivity index (χ3v) is 4.71. The maximum Gasteiger partial charge on any atom is 0.178 e. The molecule has 1 heterocycles. The van der Waals surface area contributed by atoms with Crippen molar-refractivity contribution in [2.75, 3.05) is 0 Å². The number of hydrogen-bond acceptors (Lipinski definition) is 1. The minimum atomic E-state index is 0.595. The van der Waals surface area contributed by atoms with Gasteiger partial charge in [-0.3, -0.25) is 0 Å². The molecule has 1 aliphatic rings. The average Bonchev–Trinajstić information content (AvgIpc) is 2.74. The van der Waals surface area contributed by atoms with E-state index in [9.17, 15) is 0 Å². The SMILES string of the molecule is Cc1cccc2c1[nH]c(=S)n2CC1Cc2ccccc21. The van der Waals surface area contributed by atoms with Crippen LogP contribution in [0.1, 0.15) is 22.6 Å². The molecule has 2 nitrogen and oxygen atoms in total. The predicted octanol–water partition coefficient (Wildman–Crippen LogP) is 4.35. The van der Waals surface area contributed by atoms with Gasteiger partial charge in [0.15, 0.2) is 4.77 Å². The van der Waals surface area contributed by atoms with Crippen LogP contribution >= 0.6 is 12.2 Å². The summed E-state index contributed by atoms with van der Waals surface area (Å²) in [5.41, 5.74) is 6.61. The Morgan fingerprint density at radius 2 is 2.05 bits per heavy atom. The van der Waals surface area contributed by atoms with Gasteiger partial charge in [-0.05, 0) is 48.3 Å². The summed E-state index contributed by atoms with van der Waals surface area (Å²) >= 11 is 5.51. The average molecular weight is 280 g/mol. The van der Waals surface area contributed by atoms with E-state index in [1.165, 1.54) is 27.7 Å². The molecule has 2 aromatic carbocycles. The first-order valence-corrected chi connectivity index (χ1v) is 7.41. The van der Waals surface area contributed by atoms with Gasteiger partial charge in [-0.15, -0.1) is 0 Å². The second-order valence-electron chi connectivity index (χ2n) is 5.61. The molecule has 0 fully saturated rings. The van der Waals surface area contributed by atoms with Crippen molar-refractivity contribution < 1.29 is 0 Å². The molecule has 1 aliphatic carbocycles. The highest BCUT2D eigenvalue weighted by molar-refractivity contribution is 7.71. The summed E-state index contributed by atoms with van der Waals surface area (Å²) in [6.45, 7) is 3.09. The lowest BCUT2D eigenvalue weighted by Crippen LogP contribution is -2.21. The quantitative estimate of drug-likeness (QED) is 0.692. The summed E-state index contributed by atoms with van der Waals surface area (Å²) < 4.78 is 3.08. The molecule has 100 valence electrons. The Bertz CT molecular complexity index is 857. The molecule has 0 aliphatic heterocycles. The topological polar surface area (TPSA) is 20.7 Å². The summed E-state index contributed by atoms with van der Waals surface area (Å²) in [5, 5.41) is 0. The molecule has 20 heavy (non-hydrogen) atoms. The largest absolute Gasteiger partial charge is 0.330 e. The van der Waals surface area contributed by atoms with Crippen molar-refractivity contribution in [3.8, 4) is 0 Å². The monoisotopic (exact) mass is 280 g/mol. The van der Waals surface area contributed by atoms with E-state index in [2.05, 4.69) is 58.9 Å². The molecule has 0 radical (unpaired) electrons. The number of nitrogens with one attached hydrogen (secondary N) is 1. The number of nitrogens with zero attached hydrogens (tertiary/aromatic N) is 1. The van der Waals surface area contributed by atoms with Crippen LogP contribution in [0.3, 0.4) is 0 Å². The summed E-state index contributed by atoms with van der Waals surface area (Å²) in [4.78, 5) is 3.35. The fourth-order valence-corrected chi connectivity index (χ4v) is 3.53. The van der Waals surface area contributed by atoms with Crippen molar-refractivity contribution >= 4 is 23.3 Å². The van der Waals surface area contributed by atoms with Crippen molar-refractivity contribution in [3.63, 3.8) is 0 Å². The number of aromatic nitrogens is 2. The summed E-state index contributed by atoms with van der Waals surface area (Å²) in [6.07, 6.45) is 1.16. The van der Waals surface area contributed by atoms with Gasteiger partial charge < -0.3 is 9.55 Å². The van der Waals surface area contributed by atoms with Crippen LogP contribution < -0.4 is 0 Å². The molecule has 3 heteroatoms. The highest BCUT2D eigenvalue weighted by atomic mass is 32.1. The fraction of sp³-hybridized carbons (Fsp3) is 0.235. The Morgan fingerprint density at radius 3 is 2.90 bits per heavy atom. The molecule has 0 saturated carbocycles. The minimum Gasteiger partial charge on any atom is -0.330 e. The van der Waals surface area contributed by atoms with Crippen LogP contribution in [0.4, 0.5) is 0 Å². The van der Waals surface area contributed by atoms with E-state index in [1.807, 2.05) is 0 Å². The lowest BCUT2D eigenvalue weighted by molar-refractivity contribution is 0.513. The number of para-hydroxylation sites is 1. The zero-order valence-corrected chi connectivity index (χ0v) is 12.2. The number of rotatable bonds is 2. The van der Waals surface area contributed by atoms with Gasteiger partial charge in [0.2, 0.25) is 0 Å². The molecule has 0 saturated heterocycles. The smallest absolute Gasteiger partial charge is 0.178 e. The zero-order valence-electron chi connectivity index (χ0n) is 11.4. The predicted molar refractivity (Wildman–Crippen MR) is 84.7 cm³/mol. The number of fused-ring (bicyclic) bond motifs is 2.